The predicted molar refractivity (Wildman–Crippen MR) is 94.3 cm³/mol. The quantitative estimate of drug-likeness (QED) is 0.751. The van der Waals surface area contributed by atoms with Gasteiger partial charge in [0.2, 0.25) is 0 Å². The molecule has 1 heterocycles. The molecule has 0 bridgehead atoms. The van der Waals surface area contributed by atoms with E-state index in [2.05, 4.69) is 10.3 Å². The third kappa shape index (κ3) is 3.80. The number of aromatic nitrogens is 2. The van der Waals surface area contributed by atoms with Gasteiger partial charge in [-0.2, -0.15) is 0 Å². The summed E-state index contributed by atoms with van der Waals surface area (Å²) in [6, 6.07) is 13.0. The van der Waals surface area contributed by atoms with Crippen LogP contribution in [0.15, 0.2) is 61.2 Å². The van der Waals surface area contributed by atoms with E-state index in [9.17, 15) is 4.79 Å². The van der Waals surface area contributed by atoms with Gasteiger partial charge in [-0.25, -0.2) is 4.98 Å². The minimum absolute atomic E-state index is 0.196. The molecule has 3 rings (SSSR count). The number of hydrogen-bond acceptors (Lipinski definition) is 4. The molecule has 0 aliphatic carbocycles. The zero-order chi connectivity index (χ0) is 17.6. The lowest BCUT2D eigenvalue weighted by Gasteiger charge is -2.11. The van der Waals surface area contributed by atoms with Crippen molar-refractivity contribution in [1.29, 1.82) is 0 Å². The maximum atomic E-state index is 12.4. The normalized spacial score (nSPS) is 10.3. The number of carbonyl (C=O) groups is 1. The fourth-order valence-electron chi connectivity index (χ4n) is 2.46. The number of nitrogens with zero attached hydrogens (tertiary/aromatic N) is 2. The Morgan fingerprint density at radius 1 is 1.12 bits per heavy atom. The van der Waals surface area contributed by atoms with Gasteiger partial charge in [0.15, 0.2) is 0 Å². The van der Waals surface area contributed by atoms with Crippen LogP contribution in [0.2, 0.25) is 0 Å². The van der Waals surface area contributed by atoms with Gasteiger partial charge in [0.25, 0.3) is 5.91 Å². The number of ether oxygens (including phenoxy) is 2. The van der Waals surface area contributed by atoms with Crippen molar-refractivity contribution in [2.45, 2.75) is 6.54 Å². The molecule has 0 aliphatic rings. The molecule has 0 atom stereocenters. The van der Waals surface area contributed by atoms with E-state index in [1.54, 1.807) is 37.8 Å². The number of rotatable bonds is 6. The molecule has 6 nitrogen and oxygen atoms in total. The Kier molecular flexibility index (Phi) is 4.99. The fraction of sp³-hybridized carbons (Fsp3) is 0.158. The molecule has 25 heavy (non-hydrogen) atoms. The van der Waals surface area contributed by atoms with Gasteiger partial charge in [0.1, 0.15) is 11.5 Å². The van der Waals surface area contributed by atoms with E-state index in [0.29, 0.717) is 23.6 Å². The van der Waals surface area contributed by atoms with Gasteiger partial charge >= 0.3 is 0 Å². The molecule has 3 aromatic rings. The van der Waals surface area contributed by atoms with E-state index in [4.69, 9.17) is 9.47 Å². The Morgan fingerprint density at radius 3 is 2.56 bits per heavy atom. The van der Waals surface area contributed by atoms with E-state index in [1.165, 1.54) is 7.11 Å². The predicted octanol–water partition coefficient (Wildman–Crippen LogP) is 2.82. The minimum Gasteiger partial charge on any atom is -0.497 e. The molecule has 2 aromatic carbocycles. The van der Waals surface area contributed by atoms with Crippen LogP contribution in [0.1, 0.15) is 15.9 Å². The summed E-state index contributed by atoms with van der Waals surface area (Å²) in [6.07, 6.45) is 5.36. The van der Waals surface area contributed by atoms with Crippen molar-refractivity contribution in [3.8, 4) is 17.2 Å². The van der Waals surface area contributed by atoms with Gasteiger partial charge in [-0.05, 0) is 29.8 Å². The maximum Gasteiger partial charge on any atom is 0.255 e. The molecule has 1 N–H and O–H groups in total. The molecule has 0 aliphatic heterocycles. The lowest BCUT2D eigenvalue weighted by Crippen LogP contribution is -2.23. The van der Waals surface area contributed by atoms with Crippen molar-refractivity contribution < 1.29 is 14.3 Å². The van der Waals surface area contributed by atoms with Gasteiger partial charge in [0, 0.05) is 30.7 Å². The van der Waals surface area contributed by atoms with Crippen LogP contribution >= 0.6 is 0 Å². The molecule has 128 valence electrons. The third-order valence-electron chi connectivity index (χ3n) is 3.85. The maximum absolute atomic E-state index is 12.4. The Balaban J connectivity index is 1.66. The molecule has 0 unspecified atom stereocenters. The highest BCUT2D eigenvalue weighted by atomic mass is 16.5. The van der Waals surface area contributed by atoms with Crippen LogP contribution < -0.4 is 14.8 Å². The van der Waals surface area contributed by atoms with E-state index < -0.39 is 0 Å². The Morgan fingerprint density at radius 2 is 1.92 bits per heavy atom. The van der Waals surface area contributed by atoms with Gasteiger partial charge in [-0.15, -0.1) is 0 Å². The fourth-order valence-corrected chi connectivity index (χ4v) is 2.46. The molecule has 6 heteroatoms. The van der Waals surface area contributed by atoms with Crippen LogP contribution in [0.4, 0.5) is 0 Å². The largest absolute Gasteiger partial charge is 0.497 e. The molecule has 1 amide bonds. The molecule has 0 spiro atoms. The van der Waals surface area contributed by atoms with E-state index in [-0.39, 0.29) is 5.91 Å². The summed E-state index contributed by atoms with van der Waals surface area (Å²) in [5.41, 5.74) is 2.49. The van der Waals surface area contributed by atoms with Crippen molar-refractivity contribution in [1.82, 2.24) is 14.9 Å². The van der Waals surface area contributed by atoms with Crippen LogP contribution in [0, 0.1) is 0 Å². The smallest absolute Gasteiger partial charge is 0.255 e. The molecular weight excluding hydrogens is 318 g/mol. The summed E-state index contributed by atoms with van der Waals surface area (Å²) < 4.78 is 12.3. The average Bonchev–Trinajstić information content (AvgIpc) is 3.20. The number of carbonyl (C=O) groups excluding carboxylic acids is 1. The first-order valence-electron chi connectivity index (χ1n) is 7.79. The standard InChI is InChI=1S/C19H19N3O3/c1-24-16-7-8-17(18(11-16)25-2)19(23)21-12-14-3-5-15(6-4-14)22-10-9-20-13-22/h3-11,13H,12H2,1-2H3,(H,21,23). The zero-order valence-corrected chi connectivity index (χ0v) is 14.1. The van der Waals surface area contributed by atoms with Gasteiger partial charge in [0.05, 0.1) is 26.1 Å². The highest BCUT2D eigenvalue weighted by Crippen LogP contribution is 2.24. The summed E-state index contributed by atoms with van der Waals surface area (Å²) in [7, 11) is 3.10. The number of benzene rings is 2. The topological polar surface area (TPSA) is 65.4 Å². The molecule has 0 saturated carbocycles. The zero-order valence-electron chi connectivity index (χ0n) is 14.1. The van der Waals surface area contributed by atoms with Crippen molar-refractivity contribution >= 4 is 5.91 Å². The Labute approximate surface area is 146 Å². The van der Waals surface area contributed by atoms with Gasteiger partial charge in [-0.1, -0.05) is 12.1 Å². The third-order valence-corrected chi connectivity index (χ3v) is 3.85. The number of amides is 1. The van der Waals surface area contributed by atoms with E-state index in [1.807, 2.05) is 35.0 Å². The summed E-state index contributed by atoms with van der Waals surface area (Å²) >= 11 is 0. The van der Waals surface area contributed by atoms with Crippen LogP contribution in [0.5, 0.6) is 11.5 Å². The Bertz CT molecular complexity index is 843. The molecule has 0 fully saturated rings. The number of methoxy groups -OCH3 is 2. The second-order valence-electron chi connectivity index (χ2n) is 5.39. The number of imidazole rings is 1. The van der Waals surface area contributed by atoms with E-state index in [0.717, 1.165) is 11.3 Å². The van der Waals surface area contributed by atoms with Crippen LogP contribution in [0.25, 0.3) is 5.69 Å². The molecular formula is C19H19N3O3. The highest BCUT2D eigenvalue weighted by Gasteiger charge is 2.13. The minimum atomic E-state index is -0.196. The van der Waals surface area contributed by atoms with Crippen molar-refractivity contribution in [3.05, 3.63) is 72.3 Å². The lowest BCUT2D eigenvalue weighted by atomic mass is 10.1. The summed E-state index contributed by atoms with van der Waals surface area (Å²) in [4.78, 5) is 16.4. The molecule has 1 aromatic heterocycles. The average molecular weight is 337 g/mol. The van der Waals surface area contributed by atoms with Crippen molar-refractivity contribution in [2.24, 2.45) is 0 Å². The van der Waals surface area contributed by atoms with Crippen LogP contribution in [-0.2, 0) is 6.54 Å². The summed E-state index contributed by atoms with van der Waals surface area (Å²) in [5.74, 6) is 0.925. The molecule has 0 radical (unpaired) electrons. The van der Waals surface area contributed by atoms with E-state index >= 15 is 0 Å². The number of hydrogen-bond donors (Lipinski definition) is 1. The van der Waals surface area contributed by atoms with Crippen molar-refractivity contribution in [2.75, 3.05) is 14.2 Å². The highest BCUT2D eigenvalue weighted by molar-refractivity contribution is 5.97. The first kappa shape index (κ1) is 16.6. The monoisotopic (exact) mass is 337 g/mol. The first-order chi connectivity index (χ1) is 12.2. The summed E-state index contributed by atoms with van der Waals surface area (Å²) in [6.45, 7) is 0.429. The lowest BCUT2D eigenvalue weighted by molar-refractivity contribution is 0.0948. The first-order valence-corrected chi connectivity index (χ1v) is 7.79. The van der Waals surface area contributed by atoms with Crippen molar-refractivity contribution in [3.63, 3.8) is 0 Å². The Hall–Kier alpha value is -3.28. The second-order valence-corrected chi connectivity index (χ2v) is 5.39. The van der Waals surface area contributed by atoms with Gasteiger partial charge < -0.3 is 19.4 Å². The second kappa shape index (κ2) is 7.53. The summed E-state index contributed by atoms with van der Waals surface area (Å²) in [5, 5.41) is 2.90. The SMILES string of the molecule is COc1ccc(C(=O)NCc2ccc(-n3ccnc3)cc2)c(OC)c1. The number of nitrogens with one attached hydrogen (secondary N) is 1. The van der Waals surface area contributed by atoms with Gasteiger partial charge in [-0.3, -0.25) is 4.79 Å². The van der Waals surface area contributed by atoms with Crippen LogP contribution in [0.3, 0.4) is 0 Å². The van der Waals surface area contributed by atoms with Crippen LogP contribution in [-0.4, -0.2) is 29.7 Å². The molecule has 0 saturated heterocycles.